The van der Waals surface area contributed by atoms with Crippen molar-refractivity contribution in [3.63, 3.8) is 0 Å². The number of carboxylic acids is 1. The van der Waals surface area contributed by atoms with Gasteiger partial charge in [0.1, 0.15) is 24.7 Å². The van der Waals surface area contributed by atoms with Crippen LogP contribution in [-0.4, -0.2) is 67.9 Å². The smallest absolute Gasteiger partial charge is 0.323 e. The van der Waals surface area contributed by atoms with Gasteiger partial charge >= 0.3 is 5.97 Å². The van der Waals surface area contributed by atoms with E-state index in [0.29, 0.717) is 44.2 Å². The van der Waals surface area contributed by atoms with Crippen molar-refractivity contribution >= 4 is 26.9 Å². The lowest BCUT2D eigenvalue weighted by atomic mass is 9.98. The largest absolute Gasteiger partial charge is 0.491 e. The fraction of sp³-hybridized carbons (Fsp3) is 0.423. The first kappa shape index (κ1) is 26.0. The molecule has 9 nitrogen and oxygen atoms in total. The minimum atomic E-state index is -3.66. The molecule has 1 aliphatic heterocycles. The minimum absolute atomic E-state index is 0.00283. The third-order valence-electron chi connectivity index (χ3n) is 6.17. The lowest BCUT2D eigenvalue weighted by molar-refractivity contribution is -0.137. The van der Waals surface area contributed by atoms with Crippen LogP contribution in [0.3, 0.4) is 0 Å². The third kappa shape index (κ3) is 5.66. The first-order valence-corrected chi connectivity index (χ1v) is 13.4. The number of rotatable bonds is 11. The van der Waals surface area contributed by atoms with Gasteiger partial charge in [0, 0.05) is 43.8 Å². The second kappa shape index (κ2) is 10.9. The van der Waals surface area contributed by atoms with Crippen molar-refractivity contribution in [2.75, 3.05) is 33.4 Å². The van der Waals surface area contributed by atoms with Crippen molar-refractivity contribution in [3.8, 4) is 11.5 Å². The quantitative estimate of drug-likeness (QED) is 0.387. The Kier molecular flexibility index (Phi) is 7.87. The van der Waals surface area contributed by atoms with E-state index in [1.54, 1.807) is 35.9 Å². The average molecular weight is 517 g/mol. The molecular formula is C26H32N2O7S. The molecule has 1 N–H and O–H groups in total. The van der Waals surface area contributed by atoms with Gasteiger partial charge in [-0.15, -0.1) is 0 Å². The zero-order valence-electron chi connectivity index (χ0n) is 20.7. The molecule has 1 fully saturated rings. The van der Waals surface area contributed by atoms with Crippen LogP contribution >= 0.6 is 0 Å². The number of aliphatic carboxylic acids is 1. The Balaban J connectivity index is 1.57. The summed E-state index contributed by atoms with van der Waals surface area (Å²) in [6, 6.07) is 12.1. The maximum Gasteiger partial charge on any atom is 0.323 e. The molecule has 1 atom stereocenters. The van der Waals surface area contributed by atoms with E-state index in [4.69, 9.17) is 14.2 Å². The van der Waals surface area contributed by atoms with Gasteiger partial charge in [-0.1, -0.05) is 0 Å². The van der Waals surface area contributed by atoms with E-state index in [9.17, 15) is 18.3 Å². The number of carboxylic acid groups (broad SMARTS) is 1. The topological polar surface area (TPSA) is 107 Å². The van der Waals surface area contributed by atoms with Crippen molar-refractivity contribution in [3.05, 3.63) is 54.2 Å². The number of methoxy groups -OCH3 is 1. The Morgan fingerprint density at radius 1 is 1.11 bits per heavy atom. The van der Waals surface area contributed by atoms with Crippen LogP contribution < -0.4 is 9.47 Å². The molecule has 3 aromatic rings. The number of benzene rings is 2. The Hall–Kier alpha value is -3.08. The van der Waals surface area contributed by atoms with Crippen molar-refractivity contribution in [1.29, 1.82) is 0 Å². The monoisotopic (exact) mass is 516 g/mol. The highest BCUT2D eigenvalue weighted by atomic mass is 32.2. The molecular weight excluding hydrogens is 484 g/mol. The predicted molar refractivity (Wildman–Crippen MR) is 135 cm³/mol. The third-order valence-corrected chi connectivity index (χ3v) is 8.05. The fourth-order valence-corrected chi connectivity index (χ4v) is 6.05. The highest BCUT2D eigenvalue weighted by molar-refractivity contribution is 7.89. The van der Waals surface area contributed by atoms with Gasteiger partial charge in [0.15, 0.2) is 0 Å². The SMILES string of the molecule is COCCOc1ccc2c(C3CCN(S(=O)(=O)c4ccc(OC(C)C)cc4)C3)cn(CC(=O)O)c2c1. The van der Waals surface area contributed by atoms with Crippen molar-refractivity contribution in [2.45, 2.75) is 43.7 Å². The molecule has 2 heterocycles. The molecule has 0 spiro atoms. The first-order valence-electron chi connectivity index (χ1n) is 11.9. The second-order valence-electron chi connectivity index (χ2n) is 9.11. The summed E-state index contributed by atoms with van der Waals surface area (Å²) in [6.45, 7) is 5.17. The summed E-state index contributed by atoms with van der Waals surface area (Å²) in [5.74, 6) is 0.238. The van der Waals surface area contributed by atoms with Crippen molar-refractivity contribution < 1.29 is 32.5 Å². The zero-order valence-corrected chi connectivity index (χ0v) is 21.5. The number of fused-ring (bicyclic) bond motifs is 1. The standard InChI is InChI=1S/C26H32N2O7S/c1-18(2)35-20-4-7-22(8-5-20)36(31,32)28-11-10-19(15-28)24-16-27(17-26(29)30)25-14-21(6-9-23(24)25)34-13-12-33-3/h4-9,14,16,18-19H,10-13,15,17H2,1-3H3,(H,29,30). The van der Waals surface area contributed by atoms with Crippen LogP contribution in [0.25, 0.3) is 10.9 Å². The lowest BCUT2D eigenvalue weighted by Gasteiger charge is -2.17. The van der Waals surface area contributed by atoms with Gasteiger partial charge in [-0.25, -0.2) is 8.42 Å². The summed E-state index contributed by atoms with van der Waals surface area (Å²) in [5.41, 5.74) is 1.68. The van der Waals surface area contributed by atoms with Gasteiger partial charge in [-0.3, -0.25) is 4.79 Å². The van der Waals surface area contributed by atoms with Crippen molar-refractivity contribution in [2.24, 2.45) is 0 Å². The summed E-state index contributed by atoms with van der Waals surface area (Å²) in [6.07, 6.45) is 2.48. The number of ether oxygens (including phenoxy) is 3. The van der Waals surface area contributed by atoms with Gasteiger partial charge in [0.05, 0.1) is 23.1 Å². The van der Waals surface area contributed by atoms with Crippen LogP contribution in [0.15, 0.2) is 53.6 Å². The molecule has 1 unspecified atom stereocenters. The Morgan fingerprint density at radius 3 is 2.50 bits per heavy atom. The van der Waals surface area contributed by atoms with Crippen LogP contribution in [0, 0.1) is 0 Å². The van der Waals surface area contributed by atoms with Crippen LogP contribution in [0.2, 0.25) is 0 Å². The summed E-state index contributed by atoms with van der Waals surface area (Å²) < 4.78 is 46.1. The Bertz CT molecular complexity index is 1320. The molecule has 0 bridgehead atoms. The molecule has 1 aromatic heterocycles. The molecule has 1 aliphatic rings. The van der Waals surface area contributed by atoms with Crippen LogP contribution in [0.4, 0.5) is 0 Å². The van der Waals surface area contributed by atoms with Crippen molar-refractivity contribution in [1.82, 2.24) is 8.87 Å². The molecule has 2 aromatic carbocycles. The van der Waals surface area contributed by atoms with Crippen LogP contribution in [0.1, 0.15) is 31.7 Å². The van der Waals surface area contributed by atoms with E-state index in [0.717, 1.165) is 16.5 Å². The van der Waals surface area contributed by atoms with Crippen LogP contribution in [0.5, 0.6) is 11.5 Å². The number of nitrogens with zero attached hydrogens (tertiary/aromatic N) is 2. The lowest BCUT2D eigenvalue weighted by Crippen LogP contribution is -2.28. The second-order valence-corrected chi connectivity index (χ2v) is 11.1. The maximum absolute atomic E-state index is 13.3. The summed E-state index contributed by atoms with van der Waals surface area (Å²) in [7, 11) is -2.07. The van der Waals surface area contributed by atoms with Gasteiger partial charge in [0.25, 0.3) is 0 Å². The first-order chi connectivity index (χ1) is 17.2. The zero-order chi connectivity index (χ0) is 25.9. The molecule has 36 heavy (non-hydrogen) atoms. The molecule has 0 amide bonds. The van der Waals surface area contributed by atoms with Gasteiger partial charge in [-0.2, -0.15) is 4.31 Å². The maximum atomic E-state index is 13.3. The summed E-state index contributed by atoms with van der Waals surface area (Å²) >= 11 is 0. The Labute approximate surface area is 211 Å². The average Bonchev–Trinajstić information content (AvgIpc) is 3.45. The summed E-state index contributed by atoms with van der Waals surface area (Å²) in [4.78, 5) is 11.7. The highest BCUT2D eigenvalue weighted by Gasteiger charge is 2.34. The summed E-state index contributed by atoms with van der Waals surface area (Å²) in [5, 5.41) is 10.3. The fourth-order valence-electron chi connectivity index (χ4n) is 4.55. The number of sulfonamides is 1. The number of hydrogen-bond donors (Lipinski definition) is 1. The van der Waals surface area contributed by atoms with Crippen LogP contribution in [-0.2, 0) is 26.1 Å². The molecule has 194 valence electrons. The van der Waals surface area contributed by atoms with E-state index in [1.165, 1.54) is 4.31 Å². The van der Waals surface area contributed by atoms with E-state index in [2.05, 4.69) is 0 Å². The van der Waals surface area contributed by atoms with E-state index in [1.807, 2.05) is 38.2 Å². The normalized spacial score (nSPS) is 16.6. The van der Waals surface area contributed by atoms with Gasteiger partial charge in [0.2, 0.25) is 10.0 Å². The molecule has 0 radical (unpaired) electrons. The molecule has 4 rings (SSSR count). The van der Waals surface area contributed by atoms with Gasteiger partial charge < -0.3 is 23.9 Å². The number of hydrogen-bond acceptors (Lipinski definition) is 6. The molecule has 1 saturated heterocycles. The number of aromatic nitrogens is 1. The number of carbonyl (C=O) groups is 1. The molecule has 0 aliphatic carbocycles. The predicted octanol–water partition coefficient (Wildman–Crippen LogP) is 3.72. The van der Waals surface area contributed by atoms with E-state index < -0.39 is 16.0 Å². The molecule has 10 heteroatoms. The molecule has 0 saturated carbocycles. The van der Waals surface area contributed by atoms with Gasteiger partial charge in [-0.05, 0) is 62.2 Å². The Morgan fingerprint density at radius 2 is 1.83 bits per heavy atom. The van der Waals surface area contributed by atoms with E-state index >= 15 is 0 Å². The van der Waals surface area contributed by atoms with E-state index in [-0.39, 0.29) is 23.5 Å². The minimum Gasteiger partial charge on any atom is -0.491 e. The highest BCUT2D eigenvalue weighted by Crippen LogP contribution is 2.37.